The van der Waals surface area contributed by atoms with Gasteiger partial charge in [-0.2, -0.15) is 0 Å². The van der Waals surface area contributed by atoms with Crippen LogP contribution in [-0.4, -0.2) is 59.1 Å². The summed E-state index contributed by atoms with van der Waals surface area (Å²) in [6.07, 6.45) is -0.396. The lowest BCUT2D eigenvalue weighted by Gasteiger charge is -2.30. The Bertz CT molecular complexity index is 1480. The minimum Gasteiger partial charge on any atom is -0.489 e. The maximum absolute atomic E-state index is 13.8. The van der Waals surface area contributed by atoms with Crippen LogP contribution < -0.4 is 26.4 Å². The molecule has 0 aliphatic carbocycles. The molecule has 0 spiro atoms. The van der Waals surface area contributed by atoms with Crippen LogP contribution >= 0.6 is 0 Å². The second kappa shape index (κ2) is 19.3. The van der Waals surface area contributed by atoms with Gasteiger partial charge in [0, 0.05) is 0 Å². The first-order valence-electron chi connectivity index (χ1n) is 16.6. The van der Waals surface area contributed by atoms with Gasteiger partial charge in [-0.1, -0.05) is 100 Å². The number of carbonyl (C=O) groups is 4. The molecule has 49 heavy (non-hydrogen) atoms. The molecule has 0 fully saturated rings. The number of rotatable bonds is 19. The number of ether oxygens (including phenoxy) is 2. The third-order valence-electron chi connectivity index (χ3n) is 7.94. The molecule has 3 rings (SSSR count). The fourth-order valence-electron chi connectivity index (χ4n) is 5.10. The highest BCUT2D eigenvalue weighted by atomic mass is 16.5. The van der Waals surface area contributed by atoms with Crippen molar-refractivity contribution in [3.8, 4) is 5.75 Å². The number of carbonyl (C=O) groups excluding carboxylic acids is 3. The van der Waals surface area contributed by atoms with E-state index >= 15 is 0 Å². The predicted octanol–water partition coefficient (Wildman–Crippen LogP) is 3.98. The van der Waals surface area contributed by atoms with Gasteiger partial charge >= 0.3 is 5.97 Å². The smallest absolute Gasteiger partial charge is 0.326 e. The molecule has 0 heterocycles. The lowest BCUT2D eigenvalue weighted by Crippen LogP contribution is -2.61. The summed E-state index contributed by atoms with van der Waals surface area (Å²) in [7, 11) is 0. The fourth-order valence-corrected chi connectivity index (χ4v) is 5.10. The number of aliphatic carboxylic acids is 1. The molecule has 0 aromatic heterocycles. The third-order valence-corrected chi connectivity index (χ3v) is 7.94. The maximum atomic E-state index is 13.8. The molecule has 6 N–H and O–H groups in total. The summed E-state index contributed by atoms with van der Waals surface area (Å²) in [4.78, 5) is 52.2. The standard InChI is InChI=1S/C38H50N4O7/c1-24(2)20-32(38(46)47)40-36(44)33(25(3)4)41-37(45)34(26(5)48-22-28-12-8-6-9-13-28)42-35(43)31(39)21-27-16-18-30(19-17-27)49-23-29-14-10-7-11-15-29/h6-19,24-26,31-34H,20-23,39H2,1-5H3,(H,40,44)(H,41,45)(H,42,43)(H,46,47)/t26-,31+,32+,33+,34+/m1/s1. The number of hydrogen-bond donors (Lipinski definition) is 5. The topological polar surface area (TPSA) is 169 Å². The summed E-state index contributed by atoms with van der Waals surface area (Å²) in [5.74, 6) is -2.73. The average molecular weight is 675 g/mol. The van der Waals surface area contributed by atoms with Crippen LogP contribution in [-0.2, 0) is 43.5 Å². The summed E-state index contributed by atoms with van der Waals surface area (Å²) in [6.45, 7) is 9.44. The Hall–Kier alpha value is -4.74. The van der Waals surface area contributed by atoms with Crippen molar-refractivity contribution in [1.29, 1.82) is 0 Å². The summed E-state index contributed by atoms with van der Waals surface area (Å²) in [5.41, 5.74) is 9.04. The Morgan fingerprint density at radius 3 is 1.73 bits per heavy atom. The molecule has 0 saturated heterocycles. The van der Waals surface area contributed by atoms with E-state index in [-0.39, 0.29) is 25.4 Å². The lowest BCUT2D eigenvalue weighted by atomic mass is 9.99. The van der Waals surface area contributed by atoms with Crippen molar-refractivity contribution in [3.05, 3.63) is 102 Å². The molecule has 264 valence electrons. The van der Waals surface area contributed by atoms with E-state index in [1.165, 1.54) is 0 Å². The Morgan fingerprint density at radius 2 is 1.20 bits per heavy atom. The second-order valence-electron chi connectivity index (χ2n) is 13.0. The number of benzene rings is 3. The van der Waals surface area contributed by atoms with Crippen LogP contribution in [0.5, 0.6) is 5.75 Å². The van der Waals surface area contributed by atoms with Gasteiger partial charge in [0.2, 0.25) is 17.7 Å². The van der Waals surface area contributed by atoms with E-state index in [0.717, 1.165) is 16.7 Å². The number of hydrogen-bond acceptors (Lipinski definition) is 7. The number of nitrogens with two attached hydrogens (primary N) is 1. The van der Waals surface area contributed by atoms with Gasteiger partial charge in [-0.05, 0) is 60.4 Å². The molecule has 11 nitrogen and oxygen atoms in total. The van der Waals surface area contributed by atoms with Gasteiger partial charge in [-0.25, -0.2) is 4.79 Å². The largest absolute Gasteiger partial charge is 0.489 e. The van der Waals surface area contributed by atoms with Crippen LogP contribution in [0.3, 0.4) is 0 Å². The van der Waals surface area contributed by atoms with Gasteiger partial charge in [-0.15, -0.1) is 0 Å². The SMILES string of the molecule is CC(C)C[C@H](NC(=O)[C@@H](NC(=O)[C@@H](NC(=O)[C@@H](N)Cc1ccc(OCc2ccccc2)cc1)[C@@H](C)OCc1ccccc1)C(C)C)C(=O)O. The minimum atomic E-state index is -1.21. The van der Waals surface area contributed by atoms with Crippen LogP contribution in [0.1, 0.15) is 57.7 Å². The van der Waals surface area contributed by atoms with E-state index in [2.05, 4.69) is 16.0 Å². The van der Waals surface area contributed by atoms with Crippen molar-refractivity contribution in [2.24, 2.45) is 17.6 Å². The molecule has 0 saturated carbocycles. The molecule has 0 aliphatic rings. The Balaban J connectivity index is 1.70. The van der Waals surface area contributed by atoms with Crippen molar-refractivity contribution < 1.29 is 33.8 Å². The predicted molar refractivity (Wildman–Crippen MR) is 187 cm³/mol. The number of nitrogens with one attached hydrogen (secondary N) is 3. The van der Waals surface area contributed by atoms with Gasteiger partial charge in [0.15, 0.2) is 0 Å². The highest BCUT2D eigenvalue weighted by molar-refractivity contribution is 5.94. The summed E-state index contributed by atoms with van der Waals surface area (Å²) >= 11 is 0. The molecular weight excluding hydrogens is 624 g/mol. The second-order valence-corrected chi connectivity index (χ2v) is 13.0. The highest BCUT2D eigenvalue weighted by Crippen LogP contribution is 2.16. The zero-order chi connectivity index (χ0) is 35.9. The summed E-state index contributed by atoms with van der Waals surface area (Å²) in [6, 6.07) is 22.1. The quantitative estimate of drug-likeness (QED) is 0.127. The fraction of sp³-hybridized carbons (Fsp3) is 0.421. The molecule has 11 heteroatoms. The normalized spacial score (nSPS) is 14.3. The number of carboxylic acids is 1. The molecule has 3 aromatic rings. The zero-order valence-corrected chi connectivity index (χ0v) is 28.9. The summed E-state index contributed by atoms with van der Waals surface area (Å²) in [5, 5.41) is 17.7. The number of carboxylic acid groups (broad SMARTS) is 1. The van der Waals surface area contributed by atoms with Gasteiger partial charge in [0.25, 0.3) is 0 Å². The monoisotopic (exact) mass is 674 g/mol. The van der Waals surface area contributed by atoms with Crippen molar-refractivity contribution in [3.63, 3.8) is 0 Å². The van der Waals surface area contributed by atoms with Crippen LogP contribution in [0.2, 0.25) is 0 Å². The molecular formula is C38H50N4O7. The van der Waals surface area contributed by atoms with Gasteiger partial charge < -0.3 is 36.3 Å². The maximum Gasteiger partial charge on any atom is 0.326 e. The zero-order valence-electron chi connectivity index (χ0n) is 28.9. The first kappa shape index (κ1) is 38.7. The van der Waals surface area contributed by atoms with Gasteiger partial charge in [0.05, 0.1) is 18.8 Å². The number of amides is 3. The molecule has 0 bridgehead atoms. The van der Waals surface area contributed by atoms with E-state index < -0.39 is 59.9 Å². The first-order chi connectivity index (χ1) is 23.3. The van der Waals surface area contributed by atoms with E-state index in [1.54, 1.807) is 20.8 Å². The molecule has 5 atom stereocenters. The van der Waals surface area contributed by atoms with Crippen LogP contribution in [0, 0.1) is 11.8 Å². The summed E-state index contributed by atoms with van der Waals surface area (Å²) < 4.78 is 11.9. The van der Waals surface area contributed by atoms with E-state index in [0.29, 0.717) is 12.4 Å². The van der Waals surface area contributed by atoms with E-state index in [4.69, 9.17) is 15.2 Å². The Morgan fingerprint density at radius 1 is 0.673 bits per heavy atom. The lowest BCUT2D eigenvalue weighted by molar-refractivity contribution is -0.143. The third kappa shape index (κ3) is 13.0. The minimum absolute atomic E-state index is 0.0193. The van der Waals surface area contributed by atoms with Crippen LogP contribution in [0.4, 0.5) is 0 Å². The average Bonchev–Trinajstić information content (AvgIpc) is 3.08. The first-order valence-corrected chi connectivity index (χ1v) is 16.6. The van der Waals surface area contributed by atoms with Crippen molar-refractivity contribution in [2.45, 2.75) is 90.9 Å². The van der Waals surface area contributed by atoms with E-state index in [1.807, 2.05) is 98.8 Å². The molecule has 0 radical (unpaired) electrons. The van der Waals surface area contributed by atoms with Gasteiger partial charge in [-0.3, -0.25) is 14.4 Å². The van der Waals surface area contributed by atoms with Crippen molar-refractivity contribution >= 4 is 23.7 Å². The molecule has 0 unspecified atom stereocenters. The molecule has 3 aromatic carbocycles. The van der Waals surface area contributed by atoms with E-state index in [9.17, 15) is 24.3 Å². The molecule has 0 aliphatic heterocycles. The van der Waals surface area contributed by atoms with Crippen LogP contribution in [0.25, 0.3) is 0 Å². The van der Waals surface area contributed by atoms with Crippen molar-refractivity contribution in [2.75, 3.05) is 0 Å². The Labute approximate surface area is 289 Å². The van der Waals surface area contributed by atoms with Gasteiger partial charge in [0.1, 0.15) is 30.5 Å². The van der Waals surface area contributed by atoms with Crippen LogP contribution in [0.15, 0.2) is 84.9 Å². The molecule has 3 amide bonds. The Kier molecular flexibility index (Phi) is 15.2. The van der Waals surface area contributed by atoms with Crippen molar-refractivity contribution in [1.82, 2.24) is 16.0 Å². The highest BCUT2D eigenvalue weighted by Gasteiger charge is 2.34.